The summed E-state index contributed by atoms with van der Waals surface area (Å²) in [5.41, 5.74) is 0. The van der Waals surface area contributed by atoms with Crippen molar-refractivity contribution in [2.75, 3.05) is 13.1 Å². The monoisotopic (exact) mass is 150 g/mol. The summed E-state index contributed by atoms with van der Waals surface area (Å²) < 4.78 is 0. The fourth-order valence-electron chi connectivity index (χ4n) is 1.83. The lowest BCUT2D eigenvalue weighted by Crippen LogP contribution is -2.31. The van der Waals surface area contributed by atoms with Crippen LogP contribution in [-0.4, -0.2) is 25.0 Å². The number of amides is 1. The predicted octanol–water partition coefficient (Wildman–Crippen LogP) is -1.05. The van der Waals surface area contributed by atoms with Gasteiger partial charge in [0.05, 0.1) is 0 Å². The van der Waals surface area contributed by atoms with Crippen molar-refractivity contribution in [3.63, 3.8) is 0 Å². The van der Waals surface area contributed by atoms with E-state index in [0.29, 0.717) is 17.9 Å². The van der Waals surface area contributed by atoms with Crippen molar-refractivity contribution in [2.45, 2.75) is 6.04 Å². The van der Waals surface area contributed by atoms with Crippen LogP contribution in [0.25, 0.3) is 0 Å². The van der Waals surface area contributed by atoms with Gasteiger partial charge >= 0.3 is 0 Å². The van der Waals surface area contributed by atoms with Crippen LogP contribution in [-0.2, 0) is 4.79 Å². The molecule has 1 aliphatic carbocycles. The summed E-state index contributed by atoms with van der Waals surface area (Å²) in [6.45, 7) is 2.06. The Morgan fingerprint density at radius 2 is 2.18 bits per heavy atom. The third-order valence-corrected chi connectivity index (χ3v) is 2.52. The zero-order valence-electron chi connectivity index (χ0n) is 6.13. The Morgan fingerprint density at radius 3 is 2.73 bits per heavy atom. The zero-order valence-corrected chi connectivity index (χ0v) is 6.13. The normalized spacial score (nSPS) is 39.0. The van der Waals surface area contributed by atoms with Gasteiger partial charge in [-0.15, -0.1) is 6.42 Å². The smallest absolute Gasteiger partial charge is 0.295 e. The van der Waals surface area contributed by atoms with Crippen molar-refractivity contribution in [1.29, 1.82) is 0 Å². The van der Waals surface area contributed by atoms with Crippen LogP contribution in [0.5, 0.6) is 0 Å². The number of terminal acetylenes is 1. The standard InChI is InChI=1S/C8H10N2O/c1-2-7(11)10-8-5-3-9-4-6(5)8/h1,5-6,8-9H,3-4H2,(H,10,11). The second-order valence-electron chi connectivity index (χ2n) is 3.13. The number of fused-ring (bicyclic) bond motifs is 1. The van der Waals surface area contributed by atoms with Gasteiger partial charge in [0.1, 0.15) is 0 Å². The Morgan fingerprint density at radius 1 is 1.55 bits per heavy atom. The lowest BCUT2D eigenvalue weighted by Gasteiger charge is -2.02. The Hall–Kier alpha value is -1.01. The van der Waals surface area contributed by atoms with Crippen LogP contribution in [0.1, 0.15) is 0 Å². The summed E-state index contributed by atoms with van der Waals surface area (Å²) in [5.74, 6) is 3.07. The second kappa shape index (κ2) is 2.24. The minimum absolute atomic E-state index is 0.274. The summed E-state index contributed by atoms with van der Waals surface area (Å²) in [6.07, 6.45) is 4.92. The van der Waals surface area contributed by atoms with Gasteiger partial charge in [-0.25, -0.2) is 0 Å². The lowest BCUT2D eigenvalue weighted by atomic mass is 10.4. The van der Waals surface area contributed by atoms with E-state index in [1.807, 2.05) is 0 Å². The highest BCUT2D eigenvalue weighted by Gasteiger charge is 2.53. The van der Waals surface area contributed by atoms with Crippen LogP contribution in [0.3, 0.4) is 0 Å². The first kappa shape index (κ1) is 6.68. The quantitative estimate of drug-likeness (QED) is 0.468. The van der Waals surface area contributed by atoms with E-state index in [9.17, 15) is 4.79 Å². The van der Waals surface area contributed by atoms with Crippen LogP contribution in [0.2, 0.25) is 0 Å². The second-order valence-corrected chi connectivity index (χ2v) is 3.13. The first-order valence-electron chi connectivity index (χ1n) is 3.81. The van der Waals surface area contributed by atoms with E-state index in [2.05, 4.69) is 16.6 Å². The predicted molar refractivity (Wildman–Crippen MR) is 40.6 cm³/mol. The van der Waals surface area contributed by atoms with Gasteiger partial charge in [0.15, 0.2) is 0 Å². The molecule has 2 aliphatic rings. The van der Waals surface area contributed by atoms with E-state index in [1.54, 1.807) is 0 Å². The molecule has 0 radical (unpaired) electrons. The molecule has 1 heterocycles. The maximum absolute atomic E-state index is 10.7. The molecular weight excluding hydrogens is 140 g/mol. The first-order valence-corrected chi connectivity index (χ1v) is 3.81. The summed E-state index contributed by atoms with van der Waals surface area (Å²) >= 11 is 0. The summed E-state index contributed by atoms with van der Waals surface area (Å²) in [7, 11) is 0. The summed E-state index contributed by atoms with van der Waals surface area (Å²) in [6, 6.07) is 0.361. The van der Waals surface area contributed by atoms with Gasteiger partial charge in [-0.3, -0.25) is 4.79 Å². The highest BCUT2D eigenvalue weighted by atomic mass is 16.1. The molecule has 2 atom stereocenters. The Bertz CT molecular complexity index is 221. The third-order valence-electron chi connectivity index (χ3n) is 2.52. The molecule has 0 aromatic carbocycles. The summed E-state index contributed by atoms with van der Waals surface area (Å²) in [5, 5.41) is 6.03. The maximum Gasteiger partial charge on any atom is 0.295 e. The molecule has 0 spiro atoms. The summed E-state index contributed by atoms with van der Waals surface area (Å²) in [4.78, 5) is 10.7. The van der Waals surface area contributed by atoms with Crippen molar-refractivity contribution in [2.24, 2.45) is 11.8 Å². The number of nitrogens with one attached hydrogen (secondary N) is 2. The molecule has 0 aromatic heterocycles. The molecule has 2 fully saturated rings. The van der Waals surface area contributed by atoms with Gasteiger partial charge in [0, 0.05) is 19.1 Å². The van der Waals surface area contributed by atoms with E-state index in [1.165, 1.54) is 0 Å². The van der Waals surface area contributed by atoms with E-state index >= 15 is 0 Å². The molecule has 1 saturated heterocycles. The van der Waals surface area contributed by atoms with Crippen molar-refractivity contribution in [3.8, 4) is 12.3 Å². The van der Waals surface area contributed by atoms with Gasteiger partial charge < -0.3 is 10.6 Å². The Labute approximate surface area is 65.5 Å². The average Bonchev–Trinajstić information content (AvgIpc) is 2.52. The van der Waals surface area contributed by atoms with Crippen molar-refractivity contribution in [3.05, 3.63) is 0 Å². The van der Waals surface area contributed by atoms with Gasteiger partial charge in [0.2, 0.25) is 0 Å². The number of hydrogen-bond donors (Lipinski definition) is 2. The topological polar surface area (TPSA) is 41.1 Å². The molecule has 58 valence electrons. The molecule has 1 saturated carbocycles. The van der Waals surface area contributed by atoms with Crippen molar-refractivity contribution < 1.29 is 4.79 Å². The molecule has 11 heavy (non-hydrogen) atoms. The van der Waals surface area contributed by atoms with Crippen molar-refractivity contribution in [1.82, 2.24) is 10.6 Å². The Kier molecular flexibility index (Phi) is 1.36. The van der Waals surface area contributed by atoms with E-state index in [-0.39, 0.29) is 5.91 Å². The molecule has 0 aromatic rings. The van der Waals surface area contributed by atoms with E-state index in [0.717, 1.165) is 13.1 Å². The molecule has 1 amide bonds. The maximum atomic E-state index is 10.7. The minimum Gasteiger partial charge on any atom is -0.342 e. The molecule has 2 unspecified atom stereocenters. The fourth-order valence-corrected chi connectivity index (χ4v) is 1.83. The highest BCUT2D eigenvalue weighted by Crippen LogP contribution is 2.41. The largest absolute Gasteiger partial charge is 0.342 e. The van der Waals surface area contributed by atoms with Crippen molar-refractivity contribution >= 4 is 5.91 Å². The fraction of sp³-hybridized carbons (Fsp3) is 0.625. The molecule has 3 heteroatoms. The average molecular weight is 150 g/mol. The van der Waals surface area contributed by atoms with Crippen LogP contribution >= 0.6 is 0 Å². The minimum atomic E-state index is -0.274. The lowest BCUT2D eigenvalue weighted by molar-refractivity contribution is -0.115. The first-order chi connectivity index (χ1) is 5.33. The molecule has 0 bridgehead atoms. The van der Waals surface area contributed by atoms with Gasteiger partial charge in [-0.2, -0.15) is 0 Å². The molecule has 2 N–H and O–H groups in total. The van der Waals surface area contributed by atoms with Gasteiger partial charge in [-0.1, -0.05) is 0 Å². The van der Waals surface area contributed by atoms with Crippen LogP contribution in [0, 0.1) is 24.2 Å². The van der Waals surface area contributed by atoms with Crippen LogP contribution in [0.15, 0.2) is 0 Å². The molecular formula is C8H10N2O. The van der Waals surface area contributed by atoms with E-state index < -0.39 is 0 Å². The van der Waals surface area contributed by atoms with Crippen LogP contribution in [0.4, 0.5) is 0 Å². The number of carbonyl (C=O) groups is 1. The number of hydrogen-bond acceptors (Lipinski definition) is 2. The molecule has 2 rings (SSSR count). The number of piperidine rings is 1. The van der Waals surface area contributed by atoms with Gasteiger partial charge in [-0.05, 0) is 17.8 Å². The SMILES string of the molecule is C#CC(=O)NC1C2CNCC21. The number of carbonyl (C=O) groups excluding carboxylic acids is 1. The number of rotatable bonds is 1. The Balaban J connectivity index is 1.84. The third kappa shape index (κ3) is 0.997. The highest BCUT2D eigenvalue weighted by molar-refractivity contribution is 5.93. The van der Waals surface area contributed by atoms with Gasteiger partial charge in [0.25, 0.3) is 5.91 Å². The van der Waals surface area contributed by atoms with Crippen LogP contribution < -0.4 is 10.6 Å². The molecule has 1 aliphatic heterocycles. The molecule has 3 nitrogen and oxygen atoms in total. The van der Waals surface area contributed by atoms with E-state index in [4.69, 9.17) is 6.42 Å². The zero-order chi connectivity index (χ0) is 7.84.